The summed E-state index contributed by atoms with van der Waals surface area (Å²) in [4.78, 5) is 10.9. The van der Waals surface area contributed by atoms with Crippen LogP contribution in [0.2, 0.25) is 0 Å². The molecule has 84 valence electrons. The maximum atomic E-state index is 10.9. The van der Waals surface area contributed by atoms with Crippen LogP contribution >= 0.6 is 0 Å². The Bertz CT molecular complexity index is 194. The minimum absolute atomic E-state index is 0.217. The molecule has 0 bridgehead atoms. The van der Waals surface area contributed by atoms with Gasteiger partial charge in [0, 0.05) is 5.54 Å². The zero-order valence-corrected chi connectivity index (χ0v) is 8.45. The van der Waals surface area contributed by atoms with E-state index in [1.807, 2.05) is 0 Å². The number of carbonyl (C=O) groups excluding carboxylic acids is 1. The molecular weight excluding hydrogens is 188 g/mol. The molecule has 0 aliphatic heterocycles. The fourth-order valence-electron chi connectivity index (χ4n) is 0.624. The van der Waals surface area contributed by atoms with E-state index in [1.54, 1.807) is 13.8 Å². The summed E-state index contributed by atoms with van der Waals surface area (Å²) in [5, 5.41) is 0. The smallest absolute Gasteiger partial charge is 0.335 e. The summed E-state index contributed by atoms with van der Waals surface area (Å²) in [6.07, 6.45) is 0. The molecule has 0 amide bonds. The van der Waals surface area contributed by atoms with Crippen molar-refractivity contribution in [3.63, 3.8) is 0 Å². The fourth-order valence-corrected chi connectivity index (χ4v) is 0.624. The van der Waals surface area contributed by atoms with E-state index in [-0.39, 0.29) is 13.2 Å². The highest BCUT2D eigenvalue weighted by atomic mass is 16.6. The molecule has 0 saturated heterocycles. The van der Waals surface area contributed by atoms with Crippen molar-refractivity contribution < 1.29 is 14.3 Å². The molecule has 0 aliphatic carbocycles. The summed E-state index contributed by atoms with van der Waals surface area (Å²) in [6.45, 7) is 3.46. The largest absolute Gasteiger partial charge is 0.415 e. The Morgan fingerprint density at radius 2 is 1.71 bits per heavy atom. The van der Waals surface area contributed by atoms with Gasteiger partial charge in [0.2, 0.25) is 0 Å². The summed E-state index contributed by atoms with van der Waals surface area (Å²) < 4.78 is 9.32. The van der Waals surface area contributed by atoms with E-state index in [1.165, 1.54) is 0 Å². The summed E-state index contributed by atoms with van der Waals surface area (Å²) in [6, 6.07) is 0. The summed E-state index contributed by atoms with van der Waals surface area (Å²) in [5.41, 5.74) is 20.2. The second kappa shape index (κ2) is 4.67. The van der Waals surface area contributed by atoms with Gasteiger partial charge in [-0.3, -0.25) is 17.2 Å². The molecule has 0 aromatic carbocycles. The molecular formula is C7H18N4O3. The summed E-state index contributed by atoms with van der Waals surface area (Å²) >= 11 is 0. The second-order valence-electron chi connectivity index (χ2n) is 3.81. The molecule has 14 heavy (non-hydrogen) atoms. The van der Waals surface area contributed by atoms with Gasteiger partial charge in [0.05, 0.1) is 6.61 Å². The van der Waals surface area contributed by atoms with Crippen molar-refractivity contribution in [2.24, 2.45) is 22.9 Å². The lowest BCUT2D eigenvalue weighted by molar-refractivity contribution is -0.164. The summed E-state index contributed by atoms with van der Waals surface area (Å²) in [5.74, 6) is -2.69. The first-order valence-corrected chi connectivity index (χ1v) is 4.05. The van der Waals surface area contributed by atoms with Crippen molar-refractivity contribution in [3.05, 3.63) is 0 Å². The van der Waals surface area contributed by atoms with Gasteiger partial charge in [0.1, 0.15) is 6.61 Å². The van der Waals surface area contributed by atoms with Crippen LogP contribution in [-0.4, -0.2) is 30.7 Å². The van der Waals surface area contributed by atoms with Crippen LogP contribution in [0.1, 0.15) is 13.8 Å². The van der Waals surface area contributed by atoms with Gasteiger partial charge in [-0.05, 0) is 13.8 Å². The van der Waals surface area contributed by atoms with Crippen molar-refractivity contribution in [2.75, 3.05) is 13.2 Å². The number of ether oxygens (including phenoxy) is 2. The zero-order valence-electron chi connectivity index (χ0n) is 8.45. The molecule has 0 saturated carbocycles. The Hall–Kier alpha value is -0.730. The van der Waals surface area contributed by atoms with Gasteiger partial charge in [-0.2, -0.15) is 0 Å². The van der Waals surface area contributed by atoms with Crippen LogP contribution in [0.25, 0.3) is 0 Å². The van der Waals surface area contributed by atoms with Crippen LogP contribution < -0.4 is 22.9 Å². The van der Waals surface area contributed by atoms with Gasteiger partial charge in [-0.25, -0.2) is 4.79 Å². The van der Waals surface area contributed by atoms with Gasteiger partial charge in [-0.1, -0.05) is 0 Å². The van der Waals surface area contributed by atoms with E-state index in [0.717, 1.165) is 0 Å². The number of hydrogen-bond acceptors (Lipinski definition) is 7. The third-order valence-electron chi connectivity index (χ3n) is 0.985. The minimum Gasteiger partial charge on any atom is -0.415 e. The minimum atomic E-state index is -1.96. The molecule has 0 heterocycles. The van der Waals surface area contributed by atoms with E-state index >= 15 is 0 Å². The number of carbonyl (C=O) groups is 1. The van der Waals surface area contributed by atoms with Crippen molar-refractivity contribution in [1.29, 1.82) is 0 Å². The number of esters is 1. The lowest BCUT2D eigenvalue weighted by Crippen LogP contribution is -2.61. The quantitative estimate of drug-likeness (QED) is 0.295. The average molecular weight is 206 g/mol. The highest BCUT2D eigenvalue weighted by Crippen LogP contribution is 1.97. The third kappa shape index (κ3) is 9.36. The average Bonchev–Trinajstić information content (AvgIpc) is 1.78. The van der Waals surface area contributed by atoms with Gasteiger partial charge >= 0.3 is 5.97 Å². The molecule has 0 aromatic rings. The maximum absolute atomic E-state index is 10.9. The lowest BCUT2D eigenvalue weighted by Gasteiger charge is -2.20. The highest BCUT2D eigenvalue weighted by molar-refractivity contribution is 5.71. The molecule has 7 heteroatoms. The predicted molar refractivity (Wildman–Crippen MR) is 50.5 cm³/mol. The van der Waals surface area contributed by atoms with Crippen LogP contribution in [0.3, 0.4) is 0 Å². The first-order valence-electron chi connectivity index (χ1n) is 4.05. The topological polar surface area (TPSA) is 140 Å². The van der Waals surface area contributed by atoms with Crippen LogP contribution in [0.4, 0.5) is 0 Å². The molecule has 0 radical (unpaired) electrons. The molecule has 0 aromatic heterocycles. The van der Waals surface area contributed by atoms with Crippen molar-refractivity contribution in [1.82, 2.24) is 0 Å². The molecule has 7 nitrogen and oxygen atoms in total. The predicted octanol–water partition coefficient (Wildman–Crippen LogP) is -2.23. The first kappa shape index (κ1) is 13.3. The van der Waals surface area contributed by atoms with Crippen molar-refractivity contribution in [2.45, 2.75) is 25.4 Å². The standard InChI is InChI=1S/C7H18N4O3/c1-6(2,8)4-13-3-5(12)14-7(9,10)11/h3-4,8-11H2,1-2H3. The number of hydrogen-bond donors (Lipinski definition) is 4. The first-order chi connectivity index (χ1) is 6.10. The van der Waals surface area contributed by atoms with Crippen LogP contribution in [0.15, 0.2) is 0 Å². The van der Waals surface area contributed by atoms with E-state index in [0.29, 0.717) is 0 Å². The van der Waals surface area contributed by atoms with Gasteiger partial charge in [0.25, 0.3) is 5.97 Å². The lowest BCUT2D eigenvalue weighted by atomic mass is 10.1. The Morgan fingerprint density at radius 1 is 1.21 bits per heavy atom. The van der Waals surface area contributed by atoms with Gasteiger partial charge in [0.15, 0.2) is 0 Å². The SMILES string of the molecule is CC(C)(N)COCC(=O)OC(N)(N)N. The fraction of sp³-hybridized carbons (Fsp3) is 0.857. The van der Waals surface area contributed by atoms with E-state index in [4.69, 9.17) is 27.7 Å². The highest BCUT2D eigenvalue weighted by Gasteiger charge is 2.19. The molecule has 0 rings (SSSR count). The van der Waals surface area contributed by atoms with Gasteiger partial charge < -0.3 is 15.2 Å². The van der Waals surface area contributed by atoms with Crippen molar-refractivity contribution in [3.8, 4) is 0 Å². The van der Waals surface area contributed by atoms with Crippen LogP contribution in [0.5, 0.6) is 0 Å². The zero-order chi connectivity index (χ0) is 11.4. The molecule has 0 aliphatic rings. The maximum Gasteiger partial charge on any atom is 0.335 e. The molecule has 0 atom stereocenters. The molecule has 0 spiro atoms. The van der Waals surface area contributed by atoms with E-state index in [2.05, 4.69) is 4.74 Å². The molecule has 0 unspecified atom stereocenters. The molecule has 0 fully saturated rings. The molecule has 8 N–H and O–H groups in total. The summed E-state index contributed by atoms with van der Waals surface area (Å²) in [7, 11) is 0. The van der Waals surface area contributed by atoms with Gasteiger partial charge in [-0.15, -0.1) is 0 Å². The third-order valence-corrected chi connectivity index (χ3v) is 0.985. The Morgan fingerprint density at radius 3 is 2.07 bits per heavy atom. The second-order valence-corrected chi connectivity index (χ2v) is 3.81. The number of nitrogens with two attached hydrogens (primary N) is 4. The monoisotopic (exact) mass is 206 g/mol. The van der Waals surface area contributed by atoms with Crippen molar-refractivity contribution >= 4 is 5.97 Å². The van der Waals surface area contributed by atoms with Crippen LogP contribution in [-0.2, 0) is 14.3 Å². The number of rotatable bonds is 5. The van der Waals surface area contributed by atoms with Crippen LogP contribution in [0, 0.1) is 0 Å². The Kier molecular flexibility index (Phi) is 4.43. The Labute approximate surface area is 82.7 Å². The van der Waals surface area contributed by atoms with E-state index in [9.17, 15) is 4.79 Å². The Balaban J connectivity index is 3.66. The van der Waals surface area contributed by atoms with E-state index < -0.39 is 17.5 Å². The normalized spacial score (nSPS) is 12.7.